The number of hydrogen-bond acceptors (Lipinski definition) is 5. The Balaban J connectivity index is 1.78. The lowest BCUT2D eigenvalue weighted by atomic mass is 10.1. The van der Waals surface area contributed by atoms with Crippen molar-refractivity contribution in [2.24, 2.45) is 5.10 Å². The van der Waals surface area contributed by atoms with Crippen LogP contribution in [0.3, 0.4) is 0 Å². The van der Waals surface area contributed by atoms with Gasteiger partial charge < -0.3 is 10.1 Å². The largest absolute Gasteiger partial charge is 0.443 e. The van der Waals surface area contributed by atoms with Crippen molar-refractivity contribution in [3.8, 4) is 0 Å². The minimum atomic E-state index is -1.23. The minimum absolute atomic E-state index is 0.0325. The van der Waals surface area contributed by atoms with Crippen molar-refractivity contribution >= 4 is 29.2 Å². The third kappa shape index (κ3) is 4.75. The fourth-order valence-corrected chi connectivity index (χ4v) is 2.44. The zero-order valence-electron chi connectivity index (χ0n) is 14.1. The summed E-state index contributed by atoms with van der Waals surface area (Å²) in [5.41, 5.74) is 3.07. The van der Waals surface area contributed by atoms with Crippen molar-refractivity contribution in [3.05, 3.63) is 66.0 Å². The lowest BCUT2D eigenvalue weighted by Gasteiger charge is -2.19. The normalized spacial score (nSPS) is 14.6. The lowest BCUT2D eigenvalue weighted by Crippen LogP contribution is -2.33. The number of carbonyl (C=O) groups is 3. The second kappa shape index (κ2) is 8.22. The van der Waals surface area contributed by atoms with E-state index in [4.69, 9.17) is 4.74 Å². The van der Waals surface area contributed by atoms with Crippen molar-refractivity contribution in [2.45, 2.75) is 18.9 Å². The van der Waals surface area contributed by atoms with Gasteiger partial charge in [-0.1, -0.05) is 30.3 Å². The van der Waals surface area contributed by atoms with Gasteiger partial charge in [0.15, 0.2) is 0 Å². The summed E-state index contributed by atoms with van der Waals surface area (Å²) in [6.45, 7) is 0. The van der Waals surface area contributed by atoms with Crippen molar-refractivity contribution in [3.63, 3.8) is 0 Å². The molecule has 2 N–H and O–H groups in total. The predicted octanol–water partition coefficient (Wildman–Crippen LogP) is 2.31. The molecule has 0 saturated carbocycles. The summed E-state index contributed by atoms with van der Waals surface area (Å²) in [6, 6.07) is 13.7. The number of anilines is 1. The fourth-order valence-electron chi connectivity index (χ4n) is 2.44. The van der Waals surface area contributed by atoms with Crippen LogP contribution in [0.1, 0.15) is 24.5 Å². The van der Waals surface area contributed by atoms with E-state index >= 15 is 0 Å². The smallest absolute Gasteiger partial charge is 0.355 e. The molecule has 1 atom stereocenters. The Morgan fingerprint density at radius 2 is 1.78 bits per heavy atom. The SMILES string of the molecule is O=C1CCC(C(=O)O[C@@H](C(=O)Nc2ccc(F)cc2)c2ccccc2)=NN1. The zero-order valence-corrected chi connectivity index (χ0v) is 14.1. The van der Waals surface area contributed by atoms with Gasteiger partial charge in [-0.2, -0.15) is 5.10 Å². The fraction of sp³-hybridized carbons (Fsp3) is 0.158. The molecule has 0 spiro atoms. The van der Waals surface area contributed by atoms with Gasteiger partial charge in [0.05, 0.1) is 0 Å². The molecule has 0 fully saturated rings. The van der Waals surface area contributed by atoms with E-state index in [9.17, 15) is 18.8 Å². The Hall–Kier alpha value is -3.55. The van der Waals surface area contributed by atoms with Crippen LogP contribution in [0.25, 0.3) is 0 Å². The van der Waals surface area contributed by atoms with E-state index in [2.05, 4.69) is 15.8 Å². The van der Waals surface area contributed by atoms with Gasteiger partial charge in [-0.05, 0) is 24.3 Å². The molecule has 1 aliphatic heterocycles. The molecule has 0 unspecified atom stereocenters. The Bertz CT molecular complexity index is 882. The number of benzene rings is 2. The third-order valence-corrected chi connectivity index (χ3v) is 3.82. The van der Waals surface area contributed by atoms with Gasteiger partial charge >= 0.3 is 5.97 Å². The molecular weight excluding hydrogens is 353 g/mol. The molecule has 1 heterocycles. The molecule has 0 aromatic heterocycles. The molecule has 0 bridgehead atoms. The monoisotopic (exact) mass is 369 g/mol. The molecule has 2 aromatic rings. The Morgan fingerprint density at radius 1 is 1.07 bits per heavy atom. The van der Waals surface area contributed by atoms with Crippen LogP contribution in [0.2, 0.25) is 0 Å². The van der Waals surface area contributed by atoms with E-state index in [0.717, 1.165) is 0 Å². The molecule has 27 heavy (non-hydrogen) atoms. The zero-order chi connectivity index (χ0) is 19.2. The van der Waals surface area contributed by atoms with Gasteiger partial charge in [0.1, 0.15) is 11.5 Å². The van der Waals surface area contributed by atoms with Gasteiger partial charge in [0.25, 0.3) is 5.91 Å². The lowest BCUT2D eigenvalue weighted by molar-refractivity contribution is -0.148. The topological polar surface area (TPSA) is 96.9 Å². The number of hydrogen-bond donors (Lipinski definition) is 2. The first-order valence-electron chi connectivity index (χ1n) is 8.20. The molecule has 3 rings (SSSR count). The standard InChI is InChI=1S/C19H16FN3O4/c20-13-6-8-14(9-7-13)21-18(25)17(12-4-2-1-3-5-12)27-19(26)15-10-11-16(24)23-22-15/h1-9,17H,10-11H2,(H,21,25)(H,23,24)/t17-/m1/s1. The number of ether oxygens (including phenoxy) is 1. The van der Waals surface area contributed by atoms with E-state index in [1.54, 1.807) is 30.3 Å². The second-order valence-corrected chi connectivity index (χ2v) is 5.79. The van der Waals surface area contributed by atoms with Gasteiger partial charge in [-0.3, -0.25) is 9.59 Å². The number of nitrogens with one attached hydrogen (secondary N) is 2. The molecule has 0 saturated heterocycles. The van der Waals surface area contributed by atoms with Crippen LogP contribution in [0.15, 0.2) is 59.7 Å². The van der Waals surface area contributed by atoms with Crippen LogP contribution in [0, 0.1) is 5.82 Å². The number of rotatable bonds is 5. The van der Waals surface area contributed by atoms with Crippen molar-refractivity contribution in [1.29, 1.82) is 0 Å². The molecule has 2 aromatic carbocycles. The number of hydrazone groups is 1. The first-order valence-corrected chi connectivity index (χ1v) is 8.20. The first-order chi connectivity index (χ1) is 13.0. The maximum atomic E-state index is 13.0. The summed E-state index contributed by atoms with van der Waals surface area (Å²) >= 11 is 0. The van der Waals surface area contributed by atoms with Gasteiger partial charge in [-0.15, -0.1) is 0 Å². The average molecular weight is 369 g/mol. The summed E-state index contributed by atoms with van der Waals surface area (Å²) in [5, 5.41) is 6.27. The van der Waals surface area contributed by atoms with Crippen LogP contribution in [0.4, 0.5) is 10.1 Å². The van der Waals surface area contributed by atoms with Crippen molar-refractivity contribution < 1.29 is 23.5 Å². The molecule has 0 aliphatic carbocycles. The van der Waals surface area contributed by atoms with Crippen molar-refractivity contribution in [1.82, 2.24) is 5.43 Å². The molecule has 1 aliphatic rings. The first kappa shape index (κ1) is 18.2. The van der Waals surface area contributed by atoms with Crippen LogP contribution < -0.4 is 10.7 Å². The van der Waals surface area contributed by atoms with Gasteiger partial charge in [0.2, 0.25) is 12.0 Å². The predicted molar refractivity (Wildman–Crippen MR) is 95.1 cm³/mol. The summed E-state index contributed by atoms with van der Waals surface area (Å²) in [6.07, 6.45) is -0.985. The van der Waals surface area contributed by atoms with Crippen LogP contribution in [-0.2, 0) is 19.1 Å². The van der Waals surface area contributed by atoms with E-state index in [0.29, 0.717) is 11.3 Å². The van der Waals surface area contributed by atoms with E-state index in [1.807, 2.05) is 0 Å². The number of carbonyl (C=O) groups excluding carboxylic acids is 3. The van der Waals surface area contributed by atoms with Crippen molar-refractivity contribution in [2.75, 3.05) is 5.32 Å². The van der Waals surface area contributed by atoms with Crippen LogP contribution >= 0.6 is 0 Å². The summed E-state index contributed by atoms with van der Waals surface area (Å²) in [7, 11) is 0. The second-order valence-electron chi connectivity index (χ2n) is 5.79. The van der Waals surface area contributed by atoms with Gasteiger partial charge in [-0.25, -0.2) is 14.6 Å². The molecule has 7 nitrogen and oxygen atoms in total. The van der Waals surface area contributed by atoms with E-state index in [-0.39, 0.29) is 24.5 Å². The quantitative estimate of drug-likeness (QED) is 0.791. The molecule has 0 radical (unpaired) electrons. The highest BCUT2D eigenvalue weighted by atomic mass is 19.1. The molecule has 8 heteroatoms. The molecule has 2 amide bonds. The highest BCUT2D eigenvalue weighted by Gasteiger charge is 2.28. The number of nitrogens with zero attached hydrogens (tertiary/aromatic N) is 1. The summed E-state index contributed by atoms with van der Waals surface area (Å²) in [4.78, 5) is 36.2. The number of halogens is 1. The minimum Gasteiger partial charge on any atom is -0.443 e. The van der Waals surface area contributed by atoms with E-state index in [1.165, 1.54) is 24.3 Å². The van der Waals surface area contributed by atoms with E-state index < -0.39 is 23.8 Å². The van der Waals surface area contributed by atoms with Crippen LogP contribution in [-0.4, -0.2) is 23.5 Å². The van der Waals surface area contributed by atoms with Gasteiger partial charge in [0, 0.05) is 24.1 Å². The maximum Gasteiger partial charge on any atom is 0.355 e. The average Bonchev–Trinajstić information content (AvgIpc) is 2.69. The molecule has 138 valence electrons. The molecular formula is C19H16FN3O4. The highest BCUT2D eigenvalue weighted by molar-refractivity contribution is 6.37. The highest BCUT2D eigenvalue weighted by Crippen LogP contribution is 2.21. The summed E-state index contributed by atoms with van der Waals surface area (Å²) < 4.78 is 18.4. The Kier molecular flexibility index (Phi) is 5.55. The summed E-state index contributed by atoms with van der Waals surface area (Å²) in [5.74, 6) is -2.11. The number of esters is 1. The Morgan fingerprint density at radius 3 is 2.41 bits per heavy atom. The maximum absolute atomic E-state index is 13.0. The Labute approximate surface area is 154 Å². The van der Waals surface area contributed by atoms with Crippen LogP contribution in [0.5, 0.6) is 0 Å². The third-order valence-electron chi connectivity index (χ3n) is 3.82. The number of amides is 2.